The van der Waals surface area contributed by atoms with Gasteiger partial charge in [-0.05, 0) is 99.0 Å². The van der Waals surface area contributed by atoms with Crippen molar-refractivity contribution < 1.29 is 14.3 Å². The van der Waals surface area contributed by atoms with E-state index in [1.165, 1.54) is 0 Å². The molecule has 3 aliphatic rings. The smallest absolute Gasteiger partial charge is 0.326 e. The van der Waals surface area contributed by atoms with Crippen LogP contribution in [0.3, 0.4) is 0 Å². The van der Waals surface area contributed by atoms with Crippen LogP contribution in [0.2, 0.25) is 10.0 Å². The number of ether oxygens (including phenoxy) is 2. The maximum absolute atomic E-state index is 15.3. The Hall–Kier alpha value is -3.10. The van der Waals surface area contributed by atoms with Crippen molar-refractivity contribution in [2.45, 2.75) is 90.0 Å². The van der Waals surface area contributed by atoms with Gasteiger partial charge < -0.3 is 14.4 Å². The van der Waals surface area contributed by atoms with Crippen molar-refractivity contribution in [3.8, 4) is 5.75 Å². The van der Waals surface area contributed by atoms with Crippen molar-refractivity contribution in [3.05, 3.63) is 99.0 Å². The largest absolute Gasteiger partial charge is 0.490 e. The lowest BCUT2D eigenvalue weighted by Crippen LogP contribution is -2.61. The van der Waals surface area contributed by atoms with Crippen LogP contribution in [0.25, 0.3) is 0 Å². The van der Waals surface area contributed by atoms with Gasteiger partial charge in [0.05, 0.1) is 17.8 Å². The molecule has 0 aromatic heterocycles. The van der Waals surface area contributed by atoms with Crippen LogP contribution < -0.4 is 4.74 Å². The average molecular weight is 706 g/mol. The Morgan fingerprint density at radius 1 is 0.939 bits per heavy atom. The number of aliphatic imine (C=N–C) groups is 1. The van der Waals surface area contributed by atoms with E-state index in [1.54, 1.807) is 0 Å². The highest BCUT2D eigenvalue weighted by molar-refractivity contribution is 6.30. The molecule has 6 rings (SSSR count). The SMILES string of the molecule is CC(C)Oc1cc(C(C)(C)C)ccc1C1=N[C@@](C)(c2ccc(Cl)cc2)[C@](C)(c2ccc(Cl)cc2)N1C(=O)N1CCN(CC2CCCO2)CC1. The summed E-state index contributed by atoms with van der Waals surface area (Å²) in [5, 5.41) is 1.27. The maximum atomic E-state index is 15.3. The van der Waals surface area contributed by atoms with E-state index in [0.717, 1.165) is 61.3 Å². The van der Waals surface area contributed by atoms with E-state index in [9.17, 15) is 0 Å². The van der Waals surface area contributed by atoms with Crippen LogP contribution in [0.15, 0.2) is 71.7 Å². The van der Waals surface area contributed by atoms with Crippen LogP contribution in [0.5, 0.6) is 5.75 Å². The standard InChI is InChI=1S/C40H50Cl2N4O3/c1-27(2)49-35-25-30(38(3,4)5)14-19-34(35)36-43-39(6,28-10-15-31(41)16-11-28)40(7,29-12-17-32(42)18-13-29)46(36)37(47)45-22-20-44(21-23-45)26-33-9-8-24-48-33/h10-19,25,27,33H,8-9,20-24,26H2,1-7H3/t33?,39-,40-/m0/s1. The van der Waals surface area contributed by atoms with Gasteiger partial charge in [-0.3, -0.25) is 14.8 Å². The van der Waals surface area contributed by atoms with Gasteiger partial charge in [0.15, 0.2) is 0 Å². The molecule has 0 spiro atoms. The summed E-state index contributed by atoms with van der Waals surface area (Å²) in [4.78, 5) is 27.2. The normalized spacial score (nSPS) is 24.9. The van der Waals surface area contributed by atoms with Gasteiger partial charge >= 0.3 is 6.03 Å². The summed E-state index contributed by atoms with van der Waals surface area (Å²) in [6, 6.07) is 21.9. The fourth-order valence-corrected chi connectivity index (χ4v) is 7.68. The molecule has 0 bridgehead atoms. The summed E-state index contributed by atoms with van der Waals surface area (Å²) in [5.74, 6) is 1.29. The average Bonchev–Trinajstić information content (AvgIpc) is 3.65. The van der Waals surface area contributed by atoms with Crippen molar-refractivity contribution >= 4 is 35.1 Å². The number of halogens is 2. The lowest BCUT2D eigenvalue weighted by molar-refractivity contribution is 0.0485. The van der Waals surface area contributed by atoms with Crippen molar-refractivity contribution in [1.82, 2.24) is 14.7 Å². The van der Waals surface area contributed by atoms with Crippen molar-refractivity contribution in [1.29, 1.82) is 0 Å². The molecule has 2 saturated heterocycles. The minimum absolute atomic E-state index is 0.0812. The maximum Gasteiger partial charge on any atom is 0.326 e. The van der Waals surface area contributed by atoms with Gasteiger partial charge in [-0.2, -0.15) is 0 Å². The fraction of sp³-hybridized carbons (Fsp3) is 0.500. The molecule has 2 fully saturated rings. The number of urea groups is 1. The number of amidine groups is 1. The minimum Gasteiger partial charge on any atom is -0.490 e. The molecule has 3 aromatic carbocycles. The Kier molecular flexibility index (Phi) is 10.1. The fourth-order valence-electron chi connectivity index (χ4n) is 7.43. The van der Waals surface area contributed by atoms with Gasteiger partial charge in [-0.1, -0.05) is 74.3 Å². The first kappa shape index (κ1) is 35.7. The number of carbonyl (C=O) groups excluding carboxylic acids is 1. The monoisotopic (exact) mass is 704 g/mol. The summed E-state index contributed by atoms with van der Waals surface area (Å²) in [5.41, 5.74) is 1.84. The van der Waals surface area contributed by atoms with Crippen molar-refractivity contribution in [2.75, 3.05) is 39.3 Å². The second-order valence-corrected chi connectivity index (χ2v) is 16.1. The van der Waals surface area contributed by atoms with Crippen LogP contribution in [0.1, 0.15) is 83.6 Å². The van der Waals surface area contributed by atoms with Crippen molar-refractivity contribution in [3.63, 3.8) is 0 Å². The van der Waals surface area contributed by atoms with Crippen LogP contribution in [-0.4, -0.2) is 78.1 Å². The van der Waals surface area contributed by atoms with Crippen LogP contribution in [-0.2, 0) is 21.2 Å². The molecule has 0 radical (unpaired) electrons. The predicted octanol–water partition coefficient (Wildman–Crippen LogP) is 8.89. The van der Waals surface area contributed by atoms with Gasteiger partial charge in [0.1, 0.15) is 22.7 Å². The first-order valence-electron chi connectivity index (χ1n) is 17.6. The van der Waals surface area contributed by atoms with Gasteiger partial charge in [-0.25, -0.2) is 4.79 Å². The van der Waals surface area contributed by atoms with Gasteiger partial charge in [0.25, 0.3) is 0 Å². The van der Waals surface area contributed by atoms with E-state index in [4.69, 9.17) is 37.7 Å². The molecule has 262 valence electrons. The first-order chi connectivity index (χ1) is 23.2. The number of nitrogens with zero attached hydrogens (tertiary/aromatic N) is 4. The van der Waals surface area contributed by atoms with Gasteiger partial charge in [-0.15, -0.1) is 0 Å². The zero-order valence-corrected chi connectivity index (χ0v) is 31.4. The third kappa shape index (κ3) is 6.97. The molecule has 0 N–H and O–H groups in total. The third-order valence-corrected chi connectivity index (χ3v) is 11.0. The molecule has 1 unspecified atom stereocenters. The molecule has 2 amide bonds. The number of rotatable bonds is 7. The highest BCUT2D eigenvalue weighted by atomic mass is 35.5. The zero-order chi connectivity index (χ0) is 35.1. The molecule has 0 aliphatic carbocycles. The molecular weight excluding hydrogens is 655 g/mol. The molecule has 3 aliphatic heterocycles. The Labute approximate surface area is 302 Å². The number of hydrogen-bond donors (Lipinski definition) is 0. The lowest BCUT2D eigenvalue weighted by Gasteiger charge is -2.47. The third-order valence-electron chi connectivity index (χ3n) is 10.5. The van der Waals surface area contributed by atoms with Gasteiger partial charge in [0, 0.05) is 49.4 Å². The molecule has 9 heteroatoms. The van der Waals surface area contributed by atoms with E-state index in [2.05, 4.69) is 57.7 Å². The Balaban J connectivity index is 1.50. The summed E-state index contributed by atoms with van der Waals surface area (Å²) >= 11 is 12.9. The topological polar surface area (TPSA) is 57.6 Å². The van der Waals surface area contributed by atoms with E-state index < -0.39 is 11.1 Å². The second-order valence-electron chi connectivity index (χ2n) is 15.3. The lowest BCUT2D eigenvalue weighted by atomic mass is 9.71. The number of benzene rings is 3. The molecule has 3 aromatic rings. The van der Waals surface area contributed by atoms with Crippen LogP contribution >= 0.6 is 23.2 Å². The summed E-state index contributed by atoms with van der Waals surface area (Å²) in [6.07, 6.45) is 2.42. The quantitative estimate of drug-likeness (QED) is 0.247. The number of hydrogen-bond acceptors (Lipinski definition) is 5. The Bertz CT molecular complexity index is 1670. The number of piperazine rings is 1. The highest BCUT2D eigenvalue weighted by Gasteiger charge is 2.60. The molecule has 7 nitrogen and oxygen atoms in total. The summed E-state index contributed by atoms with van der Waals surface area (Å²) < 4.78 is 12.5. The van der Waals surface area contributed by atoms with E-state index >= 15 is 4.79 Å². The highest BCUT2D eigenvalue weighted by Crippen LogP contribution is 2.54. The molecule has 3 atom stereocenters. The second kappa shape index (κ2) is 13.9. The van der Waals surface area contributed by atoms with E-state index in [0.29, 0.717) is 34.7 Å². The van der Waals surface area contributed by atoms with E-state index in [1.807, 2.05) is 72.2 Å². The predicted molar refractivity (Wildman–Crippen MR) is 199 cm³/mol. The van der Waals surface area contributed by atoms with Gasteiger partial charge in [0.2, 0.25) is 0 Å². The summed E-state index contributed by atoms with van der Waals surface area (Å²) in [7, 11) is 0. The molecular formula is C40H50Cl2N4O3. The minimum atomic E-state index is -0.954. The molecule has 49 heavy (non-hydrogen) atoms. The zero-order valence-electron chi connectivity index (χ0n) is 29.9. The van der Waals surface area contributed by atoms with Crippen molar-refractivity contribution in [2.24, 2.45) is 4.99 Å². The first-order valence-corrected chi connectivity index (χ1v) is 18.3. The Morgan fingerprint density at radius 2 is 1.55 bits per heavy atom. The number of amides is 2. The van der Waals surface area contributed by atoms with Crippen LogP contribution in [0.4, 0.5) is 4.79 Å². The van der Waals surface area contributed by atoms with Crippen LogP contribution in [0, 0.1) is 0 Å². The molecule has 3 heterocycles. The number of carbonyl (C=O) groups is 1. The molecule has 0 saturated carbocycles. The Morgan fingerprint density at radius 3 is 2.10 bits per heavy atom. The van der Waals surface area contributed by atoms with E-state index in [-0.39, 0.29) is 23.7 Å². The summed E-state index contributed by atoms with van der Waals surface area (Å²) in [6.45, 7) is 19.4.